The zero-order valence-corrected chi connectivity index (χ0v) is 15.5. The number of nitrogens with one attached hydrogen (secondary N) is 1. The van der Waals surface area contributed by atoms with E-state index in [1.165, 1.54) is 12.1 Å². The van der Waals surface area contributed by atoms with Gasteiger partial charge in [-0.25, -0.2) is 4.39 Å². The molecule has 2 N–H and O–H groups in total. The van der Waals surface area contributed by atoms with Crippen LogP contribution in [0.3, 0.4) is 0 Å². The monoisotopic (exact) mass is 405 g/mol. The Kier molecular flexibility index (Phi) is 6.76. The van der Waals surface area contributed by atoms with Gasteiger partial charge in [0.2, 0.25) is 0 Å². The molecule has 2 aromatic rings. The van der Waals surface area contributed by atoms with Crippen molar-refractivity contribution in [3.63, 3.8) is 0 Å². The van der Waals surface area contributed by atoms with Gasteiger partial charge in [-0.2, -0.15) is 0 Å². The van der Waals surface area contributed by atoms with Gasteiger partial charge in [-0.3, -0.25) is 4.79 Å². The summed E-state index contributed by atoms with van der Waals surface area (Å²) in [7, 11) is 1.59. The molecule has 0 bridgehead atoms. The fraction of sp³-hybridized carbons (Fsp3) is 0.235. The minimum atomic E-state index is -0.913. The Morgan fingerprint density at radius 1 is 1.20 bits per heavy atom. The molecule has 0 saturated heterocycles. The van der Waals surface area contributed by atoms with Gasteiger partial charge in [0.15, 0.2) is 11.6 Å². The number of carbonyl (C=O) groups is 1. The Morgan fingerprint density at radius 2 is 1.84 bits per heavy atom. The largest absolute Gasteiger partial charge is 0.486 e. The SMILES string of the molecule is CNc1cc(Cl)cc(COc2c(Cl)cc(CCC(=O)O)cc2Cl)c1F. The summed E-state index contributed by atoms with van der Waals surface area (Å²) in [5.41, 5.74) is 1.18. The van der Waals surface area contributed by atoms with Gasteiger partial charge in [0, 0.05) is 24.1 Å². The number of aliphatic carboxylic acids is 1. The van der Waals surface area contributed by atoms with E-state index in [0.29, 0.717) is 17.0 Å². The quantitative estimate of drug-likeness (QED) is 0.644. The summed E-state index contributed by atoms with van der Waals surface area (Å²) in [4.78, 5) is 10.6. The molecule has 0 aliphatic rings. The third-order valence-electron chi connectivity index (χ3n) is 3.44. The fourth-order valence-corrected chi connectivity index (χ4v) is 3.11. The number of benzene rings is 2. The maximum Gasteiger partial charge on any atom is 0.303 e. The van der Waals surface area contributed by atoms with Crippen LogP contribution < -0.4 is 10.1 Å². The number of rotatable bonds is 7. The summed E-state index contributed by atoms with van der Waals surface area (Å²) >= 11 is 18.3. The topological polar surface area (TPSA) is 58.6 Å². The molecule has 25 heavy (non-hydrogen) atoms. The molecule has 0 radical (unpaired) electrons. The first-order chi connectivity index (χ1) is 11.8. The van der Waals surface area contributed by atoms with Crippen molar-refractivity contribution in [3.05, 3.63) is 56.3 Å². The van der Waals surface area contributed by atoms with Crippen molar-refractivity contribution in [1.29, 1.82) is 0 Å². The van der Waals surface area contributed by atoms with Gasteiger partial charge in [-0.05, 0) is 36.2 Å². The molecule has 0 heterocycles. The highest BCUT2D eigenvalue weighted by atomic mass is 35.5. The van der Waals surface area contributed by atoms with Crippen molar-refractivity contribution in [3.8, 4) is 5.75 Å². The molecule has 2 aromatic carbocycles. The first-order valence-corrected chi connectivity index (χ1v) is 8.43. The average Bonchev–Trinajstić information content (AvgIpc) is 2.54. The normalized spacial score (nSPS) is 10.6. The summed E-state index contributed by atoms with van der Waals surface area (Å²) < 4.78 is 19.8. The molecule has 8 heteroatoms. The van der Waals surface area contributed by atoms with Crippen molar-refractivity contribution in [2.75, 3.05) is 12.4 Å². The smallest absolute Gasteiger partial charge is 0.303 e. The fourth-order valence-electron chi connectivity index (χ4n) is 2.23. The second kappa shape index (κ2) is 8.61. The molecular weight excluding hydrogens is 392 g/mol. The number of anilines is 1. The second-order valence-electron chi connectivity index (χ2n) is 5.25. The molecule has 0 aliphatic heterocycles. The van der Waals surface area contributed by atoms with Gasteiger partial charge in [-0.1, -0.05) is 34.8 Å². The van der Waals surface area contributed by atoms with Crippen molar-refractivity contribution < 1.29 is 19.0 Å². The number of hydrogen-bond donors (Lipinski definition) is 2. The molecule has 0 spiro atoms. The second-order valence-corrected chi connectivity index (χ2v) is 6.50. The van der Waals surface area contributed by atoms with Gasteiger partial charge in [0.05, 0.1) is 15.7 Å². The van der Waals surface area contributed by atoms with Crippen molar-refractivity contribution in [2.24, 2.45) is 0 Å². The van der Waals surface area contributed by atoms with E-state index in [2.05, 4.69) is 5.32 Å². The van der Waals surface area contributed by atoms with Crippen LogP contribution >= 0.6 is 34.8 Å². The number of carboxylic acids is 1. The van der Waals surface area contributed by atoms with Crippen LogP contribution in [0.5, 0.6) is 5.75 Å². The molecular formula is C17H15Cl3FNO3. The number of halogens is 4. The van der Waals surface area contributed by atoms with E-state index in [1.54, 1.807) is 19.2 Å². The van der Waals surface area contributed by atoms with E-state index in [0.717, 1.165) is 0 Å². The molecule has 0 atom stereocenters. The molecule has 0 saturated carbocycles. The molecule has 2 rings (SSSR count). The molecule has 0 aromatic heterocycles. The lowest BCUT2D eigenvalue weighted by Crippen LogP contribution is -2.03. The maximum atomic E-state index is 14.3. The number of carboxylic acid groups (broad SMARTS) is 1. The molecule has 0 unspecified atom stereocenters. The van der Waals surface area contributed by atoms with Crippen LogP contribution in [0.2, 0.25) is 15.1 Å². The maximum absolute atomic E-state index is 14.3. The molecule has 0 amide bonds. The van der Waals surface area contributed by atoms with Crippen molar-refractivity contribution in [1.82, 2.24) is 0 Å². The van der Waals surface area contributed by atoms with E-state index in [4.69, 9.17) is 44.6 Å². The summed E-state index contributed by atoms with van der Waals surface area (Å²) in [5, 5.41) is 12.3. The van der Waals surface area contributed by atoms with Crippen molar-refractivity contribution in [2.45, 2.75) is 19.4 Å². The highest BCUT2D eigenvalue weighted by molar-refractivity contribution is 6.37. The first kappa shape index (κ1) is 19.6. The van der Waals surface area contributed by atoms with Crippen LogP contribution in [0.25, 0.3) is 0 Å². The third kappa shape index (κ3) is 5.14. The Bertz CT molecular complexity index is 776. The van der Waals surface area contributed by atoms with E-state index in [1.807, 2.05) is 0 Å². The summed E-state index contributed by atoms with van der Waals surface area (Å²) in [6.07, 6.45) is 0.261. The first-order valence-electron chi connectivity index (χ1n) is 7.30. The van der Waals surface area contributed by atoms with Gasteiger partial charge in [0.1, 0.15) is 6.61 Å². The number of hydrogen-bond acceptors (Lipinski definition) is 3. The average molecular weight is 407 g/mol. The minimum absolute atomic E-state index is 0.0343. The summed E-state index contributed by atoms with van der Waals surface area (Å²) in [6, 6.07) is 6.09. The van der Waals surface area contributed by atoms with E-state index in [9.17, 15) is 9.18 Å². The zero-order valence-electron chi connectivity index (χ0n) is 13.2. The Labute approximate surface area is 159 Å². The summed E-state index contributed by atoms with van der Waals surface area (Å²) in [6.45, 7) is -0.116. The predicted molar refractivity (Wildman–Crippen MR) is 97.7 cm³/mol. The zero-order chi connectivity index (χ0) is 18.6. The highest BCUT2D eigenvalue weighted by Gasteiger charge is 2.14. The van der Waals surface area contributed by atoms with Crippen LogP contribution in [0, 0.1) is 5.82 Å². The standard InChI is InChI=1S/C17H15Cl3FNO3/c1-22-14-7-11(18)6-10(16(14)21)8-25-17-12(19)4-9(5-13(17)20)2-3-15(23)24/h4-7,22H,2-3,8H2,1H3,(H,23,24). The van der Waals surface area contributed by atoms with E-state index < -0.39 is 11.8 Å². The molecule has 134 valence electrons. The van der Waals surface area contributed by atoms with Gasteiger partial charge < -0.3 is 15.2 Å². The van der Waals surface area contributed by atoms with E-state index >= 15 is 0 Å². The van der Waals surface area contributed by atoms with Crippen LogP contribution in [-0.4, -0.2) is 18.1 Å². The van der Waals surface area contributed by atoms with Crippen LogP contribution in [0.1, 0.15) is 17.5 Å². The van der Waals surface area contributed by atoms with Crippen molar-refractivity contribution >= 4 is 46.5 Å². The lowest BCUT2D eigenvalue weighted by Gasteiger charge is -2.14. The summed E-state index contributed by atoms with van der Waals surface area (Å²) in [5.74, 6) is -1.19. The van der Waals surface area contributed by atoms with Gasteiger partial charge in [-0.15, -0.1) is 0 Å². The number of ether oxygens (including phenoxy) is 1. The molecule has 4 nitrogen and oxygen atoms in total. The lowest BCUT2D eigenvalue weighted by molar-refractivity contribution is -0.136. The predicted octanol–water partition coefficient (Wildman–Crippen LogP) is 5.42. The van der Waals surface area contributed by atoms with Crippen LogP contribution in [-0.2, 0) is 17.8 Å². The Morgan fingerprint density at radius 3 is 2.40 bits per heavy atom. The highest BCUT2D eigenvalue weighted by Crippen LogP contribution is 2.35. The third-order valence-corrected chi connectivity index (χ3v) is 4.22. The Balaban J connectivity index is 2.19. The minimum Gasteiger partial charge on any atom is -0.486 e. The van der Waals surface area contributed by atoms with Gasteiger partial charge in [0.25, 0.3) is 0 Å². The van der Waals surface area contributed by atoms with Crippen LogP contribution in [0.15, 0.2) is 24.3 Å². The Hall–Kier alpha value is -1.69. The van der Waals surface area contributed by atoms with Gasteiger partial charge >= 0.3 is 5.97 Å². The van der Waals surface area contributed by atoms with E-state index in [-0.39, 0.29) is 40.1 Å². The lowest BCUT2D eigenvalue weighted by atomic mass is 10.1. The molecule has 0 fully saturated rings. The van der Waals surface area contributed by atoms with Crippen LogP contribution in [0.4, 0.5) is 10.1 Å². The molecule has 0 aliphatic carbocycles. The number of aryl methyl sites for hydroxylation is 1.